The van der Waals surface area contributed by atoms with Gasteiger partial charge in [0.25, 0.3) is 5.91 Å². The Balaban J connectivity index is 2.18. The average molecular weight is 277 g/mol. The normalized spacial score (nSPS) is 22.6. The summed E-state index contributed by atoms with van der Waals surface area (Å²) >= 11 is 0. The van der Waals surface area contributed by atoms with E-state index >= 15 is 0 Å². The molecule has 0 aliphatic carbocycles. The molecule has 1 aliphatic rings. The highest BCUT2D eigenvalue weighted by molar-refractivity contribution is 5.96. The summed E-state index contributed by atoms with van der Waals surface area (Å²) in [7, 11) is 0. The SMILES string of the molecule is Cc1c(O)cccc1C(=O)N1CCC(C(=O)O)CC1C. The Morgan fingerprint density at radius 2 is 2.05 bits per heavy atom. The number of aliphatic carboxylic acids is 1. The van der Waals surface area contributed by atoms with E-state index in [1.165, 1.54) is 0 Å². The van der Waals surface area contributed by atoms with Crippen molar-refractivity contribution < 1.29 is 19.8 Å². The minimum absolute atomic E-state index is 0.101. The molecule has 0 aromatic heterocycles. The number of benzene rings is 1. The molecule has 108 valence electrons. The molecule has 0 radical (unpaired) electrons. The van der Waals surface area contributed by atoms with Crippen LogP contribution in [0, 0.1) is 12.8 Å². The van der Waals surface area contributed by atoms with Gasteiger partial charge in [0.05, 0.1) is 5.92 Å². The van der Waals surface area contributed by atoms with E-state index in [0.29, 0.717) is 30.5 Å². The van der Waals surface area contributed by atoms with Gasteiger partial charge in [-0.2, -0.15) is 0 Å². The minimum Gasteiger partial charge on any atom is -0.508 e. The number of likely N-dealkylation sites (tertiary alicyclic amines) is 1. The molecule has 2 atom stereocenters. The number of carboxylic acid groups (broad SMARTS) is 1. The lowest BCUT2D eigenvalue weighted by atomic mass is 9.91. The summed E-state index contributed by atoms with van der Waals surface area (Å²) in [5, 5.41) is 18.7. The number of phenols is 1. The topological polar surface area (TPSA) is 77.8 Å². The number of hydrogen-bond acceptors (Lipinski definition) is 3. The quantitative estimate of drug-likeness (QED) is 0.867. The highest BCUT2D eigenvalue weighted by Gasteiger charge is 2.33. The number of carbonyl (C=O) groups excluding carboxylic acids is 1. The second kappa shape index (κ2) is 5.53. The molecule has 1 aromatic carbocycles. The molecule has 0 saturated carbocycles. The third-order valence-corrected chi connectivity index (χ3v) is 4.02. The van der Waals surface area contributed by atoms with Crippen LogP contribution in [0.15, 0.2) is 18.2 Å². The zero-order chi connectivity index (χ0) is 14.9. The number of carboxylic acids is 1. The first-order chi connectivity index (χ1) is 9.41. The maximum Gasteiger partial charge on any atom is 0.306 e. The second-order valence-corrected chi connectivity index (χ2v) is 5.36. The van der Waals surface area contributed by atoms with Gasteiger partial charge in [-0.3, -0.25) is 9.59 Å². The number of carbonyl (C=O) groups is 2. The molecule has 0 bridgehead atoms. The maximum atomic E-state index is 12.5. The first-order valence-electron chi connectivity index (χ1n) is 6.74. The van der Waals surface area contributed by atoms with Crippen molar-refractivity contribution in [3.63, 3.8) is 0 Å². The van der Waals surface area contributed by atoms with Crippen LogP contribution in [0.1, 0.15) is 35.7 Å². The van der Waals surface area contributed by atoms with Gasteiger partial charge in [0.15, 0.2) is 0 Å². The van der Waals surface area contributed by atoms with E-state index in [2.05, 4.69) is 0 Å². The molecule has 2 N–H and O–H groups in total. The predicted octanol–water partition coefficient (Wildman–Crippen LogP) is 2.03. The fourth-order valence-corrected chi connectivity index (χ4v) is 2.71. The number of aromatic hydroxyl groups is 1. The van der Waals surface area contributed by atoms with Gasteiger partial charge in [-0.05, 0) is 38.8 Å². The van der Waals surface area contributed by atoms with Crippen LogP contribution in [0.4, 0.5) is 0 Å². The van der Waals surface area contributed by atoms with E-state index in [9.17, 15) is 14.7 Å². The van der Waals surface area contributed by atoms with E-state index in [0.717, 1.165) is 0 Å². The summed E-state index contributed by atoms with van der Waals surface area (Å²) < 4.78 is 0. The molecule has 5 heteroatoms. The zero-order valence-corrected chi connectivity index (χ0v) is 11.7. The van der Waals surface area contributed by atoms with E-state index in [1.807, 2.05) is 6.92 Å². The van der Waals surface area contributed by atoms with Gasteiger partial charge in [0.1, 0.15) is 5.75 Å². The van der Waals surface area contributed by atoms with Crippen LogP contribution in [0.5, 0.6) is 5.75 Å². The van der Waals surface area contributed by atoms with Crippen LogP contribution in [0.3, 0.4) is 0 Å². The van der Waals surface area contributed by atoms with E-state index in [-0.39, 0.29) is 23.6 Å². The van der Waals surface area contributed by atoms with Crippen molar-refractivity contribution in [2.75, 3.05) is 6.54 Å². The van der Waals surface area contributed by atoms with Crippen molar-refractivity contribution in [1.82, 2.24) is 4.90 Å². The van der Waals surface area contributed by atoms with E-state index in [4.69, 9.17) is 5.11 Å². The molecule has 1 saturated heterocycles. The number of nitrogens with zero attached hydrogens (tertiary/aromatic N) is 1. The Kier molecular flexibility index (Phi) is 3.97. The van der Waals surface area contributed by atoms with Crippen LogP contribution in [-0.2, 0) is 4.79 Å². The molecule has 2 unspecified atom stereocenters. The molecule has 20 heavy (non-hydrogen) atoms. The van der Waals surface area contributed by atoms with Gasteiger partial charge in [-0.25, -0.2) is 0 Å². The Labute approximate surface area is 117 Å². The summed E-state index contributed by atoms with van der Waals surface area (Å²) in [4.78, 5) is 25.2. The van der Waals surface area contributed by atoms with Crippen molar-refractivity contribution in [2.45, 2.75) is 32.7 Å². The lowest BCUT2D eigenvalue weighted by Gasteiger charge is -2.36. The summed E-state index contributed by atoms with van der Waals surface area (Å²) in [6.07, 6.45) is 0.947. The molecule has 1 aliphatic heterocycles. The molecular formula is C15H19NO4. The maximum absolute atomic E-state index is 12.5. The van der Waals surface area contributed by atoms with Gasteiger partial charge < -0.3 is 15.1 Å². The van der Waals surface area contributed by atoms with Crippen LogP contribution in [-0.4, -0.2) is 39.6 Å². The van der Waals surface area contributed by atoms with Gasteiger partial charge in [-0.15, -0.1) is 0 Å². The Hall–Kier alpha value is -2.04. The van der Waals surface area contributed by atoms with Crippen molar-refractivity contribution in [3.8, 4) is 5.75 Å². The highest BCUT2D eigenvalue weighted by atomic mass is 16.4. The van der Waals surface area contributed by atoms with Crippen LogP contribution < -0.4 is 0 Å². The first kappa shape index (κ1) is 14.4. The van der Waals surface area contributed by atoms with Gasteiger partial charge in [-0.1, -0.05) is 6.07 Å². The molecular weight excluding hydrogens is 258 g/mol. The number of phenolic OH excluding ortho intramolecular Hbond substituents is 1. The summed E-state index contributed by atoms with van der Waals surface area (Å²) in [6.45, 7) is 4.01. The number of hydrogen-bond donors (Lipinski definition) is 2. The second-order valence-electron chi connectivity index (χ2n) is 5.36. The summed E-state index contributed by atoms with van der Waals surface area (Å²) in [5.74, 6) is -1.21. The Bertz CT molecular complexity index is 541. The third kappa shape index (κ3) is 2.61. The van der Waals surface area contributed by atoms with E-state index in [1.54, 1.807) is 30.0 Å². The molecule has 5 nitrogen and oxygen atoms in total. The third-order valence-electron chi connectivity index (χ3n) is 4.02. The van der Waals surface area contributed by atoms with Crippen molar-refractivity contribution >= 4 is 11.9 Å². The number of rotatable bonds is 2. The lowest BCUT2D eigenvalue weighted by molar-refractivity contribution is -0.143. The fourth-order valence-electron chi connectivity index (χ4n) is 2.71. The van der Waals surface area contributed by atoms with Gasteiger partial charge in [0, 0.05) is 23.7 Å². The largest absolute Gasteiger partial charge is 0.508 e. The summed E-state index contributed by atoms with van der Waals surface area (Å²) in [5.41, 5.74) is 1.04. The molecule has 1 fully saturated rings. The fraction of sp³-hybridized carbons (Fsp3) is 0.467. The average Bonchev–Trinajstić information content (AvgIpc) is 2.41. The predicted molar refractivity (Wildman–Crippen MR) is 73.7 cm³/mol. The smallest absolute Gasteiger partial charge is 0.306 e. The molecule has 0 spiro atoms. The van der Waals surface area contributed by atoms with Crippen LogP contribution >= 0.6 is 0 Å². The Morgan fingerprint density at radius 1 is 1.35 bits per heavy atom. The van der Waals surface area contributed by atoms with Crippen molar-refractivity contribution in [3.05, 3.63) is 29.3 Å². The van der Waals surface area contributed by atoms with Crippen LogP contribution in [0.2, 0.25) is 0 Å². The Morgan fingerprint density at radius 3 is 2.65 bits per heavy atom. The molecule has 2 rings (SSSR count). The highest BCUT2D eigenvalue weighted by Crippen LogP contribution is 2.27. The molecule has 1 amide bonds. The number of piperidine rings is 1. The molecule has 1 heterocycles. The molecule has 1 aromatic rings. The van der Waals surface area contributed by atoms with Crippen molar-refractivity contribution in [1.29, 1.82) is 0 Å². The van der Waals surface area contributed by atoms with Gasteiger partial charge >= 0.3 is 5.97 Å². The zero-order valence-electron chi connectivity index (χ0n) is 11.7. The van der Waals surface area contributed by atoms with Gasteiger partial charge in [0.2, 0.25) is 0 Å². The van der Waals surface area contributed by atoms with E-state index < -0.39 is 5.97 Å². The van der Waals surface area contributed by atoms with Crippen LogP contribution in [0.25, 0.3) is 0 Å². The number of amides is 1. The lowest BCUT2D eigenvalue weighted by Crippen LogP contribution is -2.46. The minimum atomic E-state index is -0.794. The van der Waals surface area contributed by atoms with Crippen molar-refractivity contribution in [2.24, 2.45) is 5.92 Å². The summed E-state index contributed by atoms with van der Waals surface area (Å²) in [6, 6.07) is 4.77. The standard InChI is InChI=1S/C15H19NO4/c1-9-8-11(15(19)20)6-7-16(9)14(18)12-4-3-5-13(17)10(12)2/h3-5,9,11,17H,6-8H2,1-2H3,(H,19,20). The first-order valence-corrected chi connectivity index (χ1v) is 6.74. The monoisotopic (exact) mass is 277 g/mol.